The number of benzene rings is 1. The van der Waals surface area contributed by atoms with E-state index in [0.717, 1.165) is 6.26 Å². The highest BCUT2D eigenvalue weighted by molar-refractivity contribution is 5.85. The molecule has 1 heterocycles. The number of ether oxygens (including phenoxy) is 1. The van der Waals surface area contributed by atoms with Crippen molar-refractivity contribution >= 4 is 5.97 Å². The molecule has 2 aromatic rings. The van der Waals surface area contributed by atoms with Crippen LogP contribution < -0.4 is 4.74 Å². The lowest BCUT2D eigenvalue weighted by Crippen LogP contribution is -1.96. The first-order valence-corrected chi connectivity index (χ1v) is 4.64. The van der Waals surface area contributed by atoms with Crippen molar-refractivity contribution < 1.29 is 23.4 Å². The molecule has 0 saturated carbocycles. The Morgan fingerprint density at radius 1 is 1.53 bits per heavy atom. The number of rotatable bonds is 3. The number of carboxylic acid groups (broad SMARTS) is 1. The Morgan fingerprint density at radius 2 is 2.29 bits per heavy atom. The van der Waals surface area contributed by atoms with E-state index in [1.54, 1.807) is 0 Å². The maximum Gasteiger partial charge on any atom is 0.357 e. The van der Waals surface area contributed by atoms with Crippen LogP contribution in [0.3, 0.4) is 0 Å². The molecule has 0 aliphatic heterocycles. The molecule has 1 aromatic carbocycles. The summed E-state index contributed by atoms with van der Waals surface area (Å²) in [5.74, 6) is -1.47. The van der Waals surface area contributed by atoms with Crippen LogP contribution in [-0.2, 0) is 0 Å². The van der Waals surface area contributed by atoms with Crippen molar-refractivity contribution in [3.63, 3.8) is 0 Å². The van der Waals surface area contributed by atoms with Crippen molar-refractivity contribution in [3.8, 4) is 17.2 Å². The Balaban J connectivity index is 2.47. The molecule has 0 amide bonds. The number of aromatic carboxylic acids is 1. The molecule has 2 rings (SSSR count). The molecule has 0 spiro atoms. The van der Waals surface area contributed by atoms with Crippen LogP contribution in [0.2, 0.25) is 0 Å². The zero-order valence-corrected chi connectivity index (χ0v) is 8.81. The van der Waals surface area contributed by atoms with Gasteiger partial charge in [0, 0.05) is 0 Å². The number of aromatic nitrogens is 1. The Labute approximate surface area is 95.5 Å². The molecule has 5 nitrogen and oxygen atoms in total. The van der Waals surface area contributed by atoms with Gasteiger partial charge in [-0.05, 0) is 18.2 Å². The maximum absolute atomic E-state index is 13.5. The van der Waals surface area contributed by atoms with Gasteiger partial charge >= 0.3 is 5.97 Å². The molecule has 0 unspecified atom stereocenters. The molecule has 0 aliphatic carbocycles. The summed E-state index contributed by atoms with van der Waals surface area (Å²) < 4.78 is 23.3. The monoisotopic (exact) mass is 237 g/mol. The lowest BCUT2D eigenvalue weighted by molar-refractivity contribution is 0.0690. The van der Waals surface area contributed by atoms with Crippen molar-refractivity contribution in [3.05, 3.63) is 36.0 Å². The highest BCUT2D eigenvalue weighted by Gasteiger charge is 2.15. The molecule has 0 fully saturated rings. The summed E-state index contributed by atoms with van der Waals surface area (Å²) in [6.45, 7) is 0. The predicted octanol–water partition coefficient (Wildman–Crippen LogP) is 2.19. The van der Waals surface area contributed by atoms with Gasteiger partial charge in [0.25, 0.3) is 0 Å². The van der Waals surface area contributed by atoms with Crippen LogP contribution >= 0.6 is 0 Å². The van der Waals surface area contributed by atoms with Crippen LogP contribution in [0.25, 0.3) is 11.5 Å². The fourth-order valence-corrected chi connectivity index (χ4v) is 1.29. The van der Waals surface area contributed by atoms with Crippen molar-refractivity contribution in [1.29, 1.82) is 0 Å². The van der Waals surface area contributed by atoms with Gasteiger partial charge in [-0.3, -0.25) is 0 Å². The van der Waals surface area contributed by atoms with E-state index in [4.69, 9.17) is 14.3 Å². The first-order valence-electron chi connectivity index (χ1n) is 4.64. The largest absolute Gasteiger partial charge is 0.497 e. The molecule has 0 bridgehead atoms. The predicted molar refractivity (Wildman–Crippen MR) is 55.4 cm³/mol. The van der Waals surface area contributed by atoms with Crippen LogP contribution in [-0.4, -0.2) is 23.2 Å². The number of halogens is 1. The SMILES string of the molecule is COc1ccc(F)c(-c2nc(C(=O)O)co2)c1. The fourth-order valence-electron chi connectivity index (χ4n) is 1.29. The molecule has 0 saturated heterocycles. The van der Waals surface area contributed by atoms with E-state index in [2.05, 4.69) is 4.98 Å². The Morgan fingerprint density at radius 3 is 2.88 bits per heavy atom. The van der Waals surface area contributed by atoms with Crippen molar-refractivity contribution in [2.75, 3.05) is 7.11 Å². The average molecular weight is 237 g/mol. The van der Waals surface area contributed by atoms with Gasteiger partial charge in [-0.15, -0.1) is 0 Å². The van der Waals surface area contributed by atoms with Gasteiger partial charge in [-0.2, -0.15) is 0 Å². The van der Waals surface area contributed by atoms with Gasteiger partial charge in [0.05, 0.1) is 12.7 Å². The first kappa shape index (κ1) is 11.1. The Kier molecular flexibility index (Phi) is 2.78. The van der Waals surface area contributed by atoms with E-state index in [1.165, 1.54) is 25.3 Å². The van der Waals surface area contributed by atoms with Gasteiger partial charge in [0.15, 0.2) is 5.69 Å². The second-order valence-corrected chi connectivity index (χ2v) is 3.19. The lowest BCUT2D eigenvalue weighted by Gasteiger charge is -2.02. The Hall–Kier alpha value is -2.37. The number of methoxy groups -OCH3 is 1. The number of carbonyl (C=O) groups is 1. The second kappa shape index (κ2) is 4.25. The van der Waals surface area contributed by atoms with Gasteiger partial charge in [-0.25, -0.2) is 14.2 Å². The summed E-state index contributed by atoms with van der Waals surface area (Å²) in [5, 5.41) is 8.67. The van der Waals surface area contributed by atoms with Crippen molar-refractivity contribution in [2.24, 2.45) is 0 Å². The fraction of sp³-hybridized carbons (Fsp3) is 0.0909. The summed E-state index contributed by atoms with van der Waals surface area (Å²) in [4.78, 5) is 14.3. The van der Waals surface area contributed by atoms with Crippen LogP contribution in [0, 0.1) is 5.82 Å². The smallest absolute Gasteiger partial charge is 0.357 e. The molecule has 88 valence electrons. The molecule has 0 atom stereocenters. The second-order valence-electron chi connectivity index (χ2n) is 3.19. The van der Waals surface area contributed by atoms with Gasteiger partial charge < -0.3 is 14.3 Å². The maximum atomic E-state index is 13.5. The normalized spacial score (nSPS) is 10.2. The average Bonchev–Trinajstić information content (AvgIpc) is 2.79. The zero-order valence-electron chi connectivity index (χ0n) is 8.81. The van der Waals surface area contributed by atoms with E-state index in [-0.39, 0.29) is 17.1 Å². The molecule has 1 aromatic heterocycles. The zero-order chi connectivity index (χ0) is 12.4. The quantitative estimate of drug-likeness (QED) is 0.885. The lowest BCUT2D eigenvalue weighted by atomic mass is 10.2. The summed E-state index contributed by atoms with van der Waals surface area (Å²) in [5.41, 5.74) is -0.223. The summed E-state index contributed by atoms with van der Waals surface area (Å²) >= 11 is 0. The van der Waals surface area contributed by atoms with Crippen LogP contribution in [0.4, 0.5) is 4.39 Å². The van der Waals surface area contributed by atoms with E-state index in [0.29, 0.717) is 5.75 Å². The first-order chi connectivity index (χ1) is 8.11. The number of oxazole rings is 1. The highest BCUT2D eigenvalue weighted by Crippen LogP contribution is 2.26. The molecular formula is C11H8FNO4. The molecule has 0 radical (unpaired) electrons. The minimum atomic E-state index is -1.23. The third kappa shape index (κ3) is 2.10. The summed E-state index contributed by atoms with van der Waals surface area (Å²) in [6.07, 6.45) is 0.955. The molecule has 0 aliphatic rings. The van der Waals surface area contributed by atoms with E-state index in [9.17, 15) is 9.18 Å². The highest BCUT2D eigenvalue weighted by atomic mass is 19.1. The van der Waals surface area contributed by atoms with E-state index in [1.807, 2.05) is 0 Å². The summed E-state index contributed by atoms with van der Waals surface area (Å²) in [7, 11) is 1.44. The molecule has 1 N–H and O–H groups in total. The van der Waals surface area contributed by atoms with Crippen LogP contribution in [0.5, 0.6) is 5.75 Å². The van der Waals surface area contributed by atoms with Crippen LogP contribution in [0.1, 0.15) is 10.5 Å². The van der Waals surface area contributed by atoms with E-state index >= 15 is 0 Å². The number of hydrogen-bond donors (Lipinski definition) is 1. The molecule has 17 heavy (non-hydrogen) atoms. The third-order valence-electron chi connectivity index (χ3n) is 2.13. The molecule has 6 heteroatoms. The third-order valence-corrected chi connectivity index (χ3v) is 2.13. The van der Waals surface area contributed by atoms with Crippen molar-refractivity contribution in [1.82, 2.24) is 4.98 Å². The minimum absolute atomic E-state index is 0.0526. The number of carboxylic acids is 1. The number of nitrogens with zero attached hydrogens (tertiary/aromatic N) is 1. The van der Waals surface area contributed by atoms with Gasteiger partial charge in [-0.1, -0.05) is 0 Å². The standard InChI is InChI=1S/C11H8FNO4/c1-16-6-2-3-8(12)7(4-6)10-13-9(5-17-10)11(14)15/h2-5H,1H3,(H,14,15). The topological polar surface area (TPSA) is 72.6 Å². The van der Waals surface area contributed by atoms with Gasteiger partial charge in [0.1, 0.15) is 17.8 Å². The van der Waals surface area contributed by atoms with Crippen LogP contribution in [0.15, 0.2) is 28.9 Å². The Bertz CT molecular complexity index is 564. The van der Waals surface area contributed by atoms with E-state index < -0.39 is 11.8 Å². The van der Waals surface area contributed by atoms with Gasteiger partial charge in [0.2, 0.25) is 5.89 Å². The van der Waals surface area contributed by atoms with Crippen molar-refractivity contribution in [2.45, 2.75) is 0 Å². The molecular weight excluding hydrogens is 229 g/mol. The summed E-state index contributed by atoms with van der Waals surface area (Å²) in [6, 6.07) is 4.02. The number of hydrogen-bond acceptors (Lipinski definition) is 4. The minimum Gasteiger partial charge on any atom is -0.497 e.